The van der Waals surface area contributed by atoms with Crippen LogP contribution in [0.5, 0.6) is 11.5 Å². The Labute approximate surface area is 194 Å². The molecule has 1 N–H and O–H groups in total. The minimum atomic E-state index is -0.397. The molecule has 0 radical (unpaired) electrons. The Morgan fingerprint density at radius 2 is 1.91 bits per heavy atom. The standard InChI is InChI=1S/C25H31ClN2O4/c1-16(2)10-11-27-24(29)22-15-28(25(30)17-6-5-7-18(26)12-17)14-21(22)20-13-19(31-3)8-9-23(20)32-4/h5-9,12-13,16,21-22H,10-11,14-15H2,1-4H3,(H,27,29)/t21-,22-/m1/s1. The molecule has 2 amide bonds. The molecule has 172 valence electrons. The van der Waals surface area contributed by atoms with Crippen molar-refractivity contribution in [2.24, 2.45) is 11.8 Å². The smallest absolute Gasteiger partial charge is 0.253 e. The van der Waals surface area contributed by atoms with Gasteiger partial charge in [0, 0.05) is 41.7 Å². The Kier molecular flexibility index (Phi) is 8.02. The van der Waals surface area contributed by atoms with E-state index in [1.165, 1.54) is 0 Å². The summed E-state index contributed by atoms with van der Waals surface area (Å²) in [7, 11) is 3.21. The van der Waals surface area contributed by atoms with Gasteiger partial charge in [-0.05, 0) is 48.7 Å². The van der Waals surface area contributed by atoms with E-state index in [4.69, 9.17) is 21.1 Å². The largest absolute Gasteiger partial charge is 0.497 e. The van der Waals surface area contributed by atoms with E-state index in [-0.39, 0.29) is 17.7 Å². The Bertz CT molecular complexity index is 963. The fourth-order valence-electron chi connectivity index (χ4n) is 4.10. The van der Waals surface area contributed by atoms with Crippen LogP contribution in [0.3, 0.4) is 0 Å². The number of methoxy groups -OCH3 is 2. The highest BCUT2D eigenvalue weighted by molar-refractivity contribution is 6.30. The molecule has 2 atom stereocenters. The van der Waals surface area contributed by atoms with E-state index < -0.39 is 5.92 Å². The van der Waals surface area contributed by atoms with Gasteiger partial charge in [0.1, 0.15) is 11.5 Å². The van der Waals surface area contributed by atoms with E-state index in [9.17, 15) is 9.59 Å². The summed E-state index contributed by atoms with van der Waals surface area (Å²) < 4.78 is 11.0. The number of nitrogens with one attached hydrogen (secondary N) is 1. The zero-order valence-electron chi connectivity index (χ0n) is 19.1. The summed E-state index contributed by atoms with van der Waals surface area (Å²) in [4.78, 5) is 28.1. The monoisotopic (exact) mass is 458 g/mol. The molecular weight excluding hydrogens is 428 g/mol. The first-order valence-corrected chi connectivity index (χ1v) is 11.3. The minimum Gasteiger partial charge on any atom is -0.497 e. The van der Waals surface area contributed by atoms with Gasteiger partial charge >= 0.3 is 0 Å². The van der Waals surface area contributed by atoms with Crippen LogP contribution in [0.1, 0.15) is 42.1 Å². The number of benzene rings is 2. The summed E-state index contributed by atoms with van der Waals surface area (Å²) in [6, 6.07) is 12.4. The molecule has 2 aromatic carbocycles. The van der Waals surface area contributed by atoms with Crippen LogP contribution in [0.15, 0.2) is 42.5 Å². The number of hydrogen-bond acceptors (Lipinski definition) is 4. The number of amides is 2. The third kappa shape index (κ3) is 5.54. The first-order valence-electron chi connectivity index (χ1n) is 10.9. The summed E-state index contributed by atoms with van der Waals surface area (Å²) in [5, 5.41) is 3.56. The van der Waals surface area contributed by atoms with E-state index in [0.717, 1.165) is 12.0 Å². The first-order chi connectivity index (χ1) is 15.3. The van der Waals surface area contributed by atoms with Gasteiger partial charge in [0.05, 0.1) is 20.1 Å². The fourth-order valence-corrected chi connectivity index (χ4v) is 4.29. The Balaban J connectivity index is 1.91. The molecule has 0 aromatic heterocycles. The average molecular weight is 459 g/mol. The maximum absolute atomic E-state index is 13.2. The van der Waals surface area contributed by atoms with E-state index in [0.29, 0.717) is 47.6 Å². The van der Waals surface area contributed by atoms with Crippen LogP contribution in [0.2, 0.25) is 5.02 Å². The first kappa shape index (κ1) is 23.9. The van der Waals surface area contributed by atoms with Gasteiger partial charge in [-0.1, -0.05) is 31.5 Å². The SMILES string of the molecule is COc1ccc(OC)c([C@H]2CN(C(=O)c3cccc(Cl)c3)C[C@H]2C(=O)NCCC(C)C)c1. The Morgan fingerprint density at radius 1 is 1.12 bits per heavy atom. The number of carbonyl (C=O) groups excluding carboxylic acids is 2. The third-order valence-corrected chi connectivity index (χ3v) is 6.11. The highest BCUT2D eigenvalue weighted by Crippen LogP contribution is 2.40. The van der Waals surface area contributed by atoms with Crippen LogP contribution >= 0.6 is 11.6 Å². The van der Waals surface area contributed by atoms with Crippen molar-refractivity contribution in [3.8, 4) is 11.5 Å². The van der Waals surface area contributed by atoms with Gasteiger partial charge in [-0.3, -0.25) is 9.59 Å². The molecule has 1 saturated heterocycles. The van der Waals surface area contributed by atoms with Gasteiger partial charge in [0.15, 0.2) is 0 Å². The maximum Gasteiger partial charge on any atom is 0.253 e. The van der Waals surface area contributed by atoms with Crippen molar-refractivity contribution in [3.63, 3.8) is 0 Å². The number of ether oxygens (including phenoxy) is 2. The maximum atomic E-state index is 13.2. The summed E-state index contributed by atoms with van der Waals surface area (Å²) in [6.45, 7) is 5.58. The molecule has 3 rings (SSSR count). The number of likely N-dealkylation sites (tertiary alicyclic amines) is 1. The summed E-state index contributed by atoms with van der Waals surface area (Å²) >= 11 is 6.09. The topological polar surface area (TPSA) is 67.9 Å². The number of nitrogens with zero attached hydrogens (tertiary/aromatic N) is 1. The molecule has 1 aliphatic rings. The Hall–Kier alpha value is -2.73. The van der Waals surface area contributed by atoms with Gasteiger partial charge in [0.25, 0.3) is 5.91 Å². The second-order valence-electron chi connectivity index (χ2n) is 8.51. The third-order valence-electron chi connectivity index (χ3n) is 5.87. The lowest BCUT2D eigenvalue weighted by Crippen LogP contribution is -2.36. The van der Waals surface area contributed by atoms with Crippen LogP contribution in [-0.2, 0) is 4.79 Å². The van der Waals surface area contributed by atoms with Gasteiger partial charge in [-0.2, -0.15) is 0 Å². The van der Waals surface area contributed by atoms with E-state index >= 15 is 0 Å². The molecule has 1 heterocycles. The van der Waals surface area contributed by atoms with Crippen LogP contribution in [0.4, 0.5) is 0 Å². The molecule has 0 spiro atoms. The Morgan fingerprint density at radius 3 is 2.56 bits per heavy atom. The van der Waals surface area contributed by atoms with Crippen molar-refractivity contribution in [1.82, 2.24) is 10.2 Å². The lowest BCUT2D eigenvalue weighted by Gasteiger charge is -2.21. The zero-order valence-corrected chi connectivity index (χ0v) is 19.8. The minimum absolute atomic E-state index is 0.0538. The lowest BCUT2D eigenvalue weighted by atomic mass is 9.87. The number of rotatable bonds is 8. The van der Waals surface area contributed by atoms with Gasteiger partial charge in [-0.15, -0.1) is 0 Å². The van der Waals surface area contributed by atoms with E-state index in [2.05, 4.69) is 19.2 Å². The molecule has 2 aromatic rings. The summed E-state index contributed by atoms with van der Waals surface area (Å²) in [5.41, 5.74) is 1.37. The predicted molar refractivity (Wildman–Crippen MR) is 126 cm³/mol. The highest BCUT2D eigenvalue weighted by Gasteiger charge is 2.41. The van der Waals surface area contributed by atoms with Crippen molar-refractivity contribution in [1.29, 1.82) is 0 Å². The van der Waals surface area contributed by atoms with Gasteiger partial charge in [0.2, 0.25) is 5.91 Å². The molecule has 7 heteroatoms. The molecule has 0 unspecified atom stereocenters. The van der Waals surface area contributed by atoms with Crippen LogP contribution in [0, 0.1) is 11.8 Å². The molecule has 0 bridgehead atoms. The van der Waals surface area contributed by atoms with Crippen molar-refractivity contribution in [2.75, 3.05) is 33.9 Å². The second-order valence-corrected chi connectivity index (χ2v) is 8.95. The normalized spacial score (nSPS) is 18.0. The highest BCUT2D eigenvalue weighted by atomic mass is 35.5. The molecule has 1 aliphatic heterocycles. The molecule has 32 heavy (non-hydrogen) atoms. The molecular formula is C25H31ClN2O4. The molecule has 1 fully saturated rings. The van der Waals surface area contributed by atoms with Crippen LogP contribution < -0.4 is 14.8 Å². The van der Waals surface area contributed by atoms with Gasteiger partial charge < -0.3 is 19.7 Å². The summed E-state index contributed by atoms with van der Waals surface area (Å²) in [6.07, 6.45) is 0.900. The lowest BCUT2D eigenvalue weighted by molar-refractivity contribution is -0.124. The predicted octanol–water partition coefficient (Wildman–Crippen LogP) is 4.38. The van der Waals surface area contributed by atoms with Crippen molar-refractivity contribution in [2.45, 2.75) is 26.2 Å². The number of hydrogen-bond donors (Lipinski definition) is 1. The second kappa shape index (κ2) is 10.7. The summed E-state index contributed by atoms with van der Waals surface area (Å²) in [5.74, 6) is 1.04. The van der Waals surface area contributed by atoms with Crippen LogP contribution in [-0.4, -0.2) is 50.6 Å². The van der Waals surface area contributed by atoms with Crippen molar-refractivity contribution in [3.05, 3.63) is 58.6 Å². The molecule has 0 aliphatic carbocycles. The molecule has 6 nitrogen and oxygen atoms in total. The number of carbonyl (C=O) groups is 2. The average Bonchev–Trinajstić information content (AvgIpc) is 3.23. The van der Waals surface area contributed by atoms with E-state index in [1.807, 2.05) is 18.2 Å². The fraction of sp³-hybridized carbons (Fsp3) is 0.440. The quantitative estimate of drug-likeness (QED) is 0.637. The van der Waals surface area contributed by atoms with E-state index in [1.54, 1.807) is 43.4 Å². The van der Waals surface area contributed by atoms with Crippen LogP contribution in [0.25, 0.3) is 0 Å². The van der Waals surface area contributed by atoms with Gasteiger partial charge in [-0.25, -0.2) is 0 Å². The van der Waals surface area contributed by atoms with Crippen molar-refractivity contribution >= 4 is 23.4 Å². The molecule has 0 saturated carbocycles. The zero-order chi connectivity index (χ0) is 23.3. The number of halogens is 1. The van der Waals surface area contributed by atoms with Crippen molar-refractivity contribution < 1.29 is 19.1 Å².